The summed E-state index contributed by atoms with van der Waals surface area (Å²) < 4.78 is 5.68. The molecule has 0 amide bonds. The van der Waals surface area contributed by atoms with Gasteiger partial charge < -0.3 is 9.84 Å². The Labute approximate surface area is 121 Å². The van der Waals surface area contributed by atoms with Gasteiger partial charge in [-0.15, -0.1) is 0 Å². The van der Waals surface area contributed by atoms with Crippen molar-refractivity contribution < 1.29 is 9.84 Å². The molecule has 0 radical (unpaired) electrons. The number of benzene rings is 1. The number of hydrogen-bond acceptors (Lipinski definition) is 3. The van der Waals surface area contributed by atoms with E-state index in [0.717, 1.165) is 44.3 Å². The summed E-state index contributed by atoms with van der Waals surface area (Å²) in [6, 6.07) is 8.55. The molecule has 0 saturated carbocycles. The number of piperidine rings is 1. The van der Waals surface area contributed by atoms with Gasteiger partial charge in [-0.05, 0) is 50.3 Å². The normalized spacial score (nSPS) is 34.8. The van der Waals surface area contributed by atoms with E-state index < -0.39 is 0 Å². The first-order valence-corrected chi connectivity index (χ1v) is 7.68. The zero-order valence-electron chi connectivity index (χ0n) is 12.5. The highest BCUT2D eigenvalue weighted by Crippen LogP contribution is 2.36. The number of aliphatic hydroxyl groups is 1. The molecular weight excluding hydrogens is 250 g/mol. The van der Waals surface area contributed by atoms with Crippen LogP contribution in [0.1, 0.15) is 43.4 Å². The molecule has 1 aromatic rings. The molecular formula is C17H25NO2. The molecule has 0 spiro atoms. The molecule has 20 heavy (non-hydrogen) atoms. The monoisotopic (exact) mass is 275 g/mol. The summed E-state index contributed by atoms with van der Waals surface area (Å²) >= 11 is 0. The maximum absolute atomic E-state index is 10.7. The molecule has 1 saturated heterocycles. The van der Waals surface area contributed by atoms with Crippen LogP contribution in [0.15, 0.2) is 24.3 Å². The summed E-state index contributed by atoms with van der Waals surface area (Å²) in [5, 5.41) is 10.7. The van der Waals surface area contributed by atoms with Gasteiger partial charge >= 0.3 is 0 Å². The van der Waals surface area contributed by atoms with Crippen LogP contribution >= 0.6 is 0 Å². The average Bonchev–Trinajstić information content (AvgIpc) is 2.48. The predicted molar refractivity (Wildman–Crippen MR) is 79.7 cm³/mol. The molecule has 3 rings (SSSR count). The van der Waals surface area contributed by atoms with E-state index in [1.807, 2.05) is 6.07 Å². The van der Waals surface area contributed by atoms with Crippen LogP contribution in [0.25, 0.3) is 0 Å². The van der Waals surface area contributed by atoms with Crippen molar-refractivity contribution >= 4 is 0 Å². The molecule has 1 fully saturated rings. The number of methoxy groups -OCH3 is 1. The Morgan fingerprint density at radius 3 is 2.95 bits per heavy atom. The van der Waals surface area contributed by atoms with Crippen molar-refractivity contribution in [2.45, 2.75) is 50.4 Å². The Hall–Kier alpha value is -0.900. The van der Waals surface area contributed by atoms with Gasteiger partial charge in [-0.2, -0.15) is 0 Å². The van der Waals surface area contributed by atoms with Crippen molar-refractivity contribution in [3.8, 4) is 0 Å². The molecule has 1 aliphatic heterocycles. The highest BCUT2D eigenvalue weighted by molar-refractivity contribution is 5.32. The van der Waals surface area contributed by atoms with E-state index in [2.05, 4.69) is 30.0 Å². The fourth-order valence-electron chi connectivity index (χ4n) is 3.79. The molecule has 0 aromatic heterocycles. The lowest BCUT2D eigenvalue weighted by Gasteiger charge is -2.46. The third-order valence-electron chi connectivity index (χ3n) is 5.10. The van der Waals surface area contributed by atoms with Gasteiger partial charge in [0, 0.05) is 19.7 Å². The van der Waals surface area contributed by atoms with Crippen molar-refractivity contribution in [1.29, 1.82) is 0 Å². The number of nitrogens with zero attached hydrogens (tertiary/aromatic N) is 1. The van der Waals surface area contributed by atoms with Crippen LogP contribution in [0, 0.1) is 0 Å². The molecule has 0 bridgehead atoms. The van der Waals surface area contributed by atoms with Crippen LogP contribution in [0.3, 0.4) is 0 Å². The first-order valence-electron chi connectivity index (χ1n) is 7.68. The molecule has 3 heteroatoms. The fourth-order valence-corrected chi connectivity index (χ4v) is 3.79. The van der Waals surface area contributed by atoms with Crippen LogP contribution < -0.4 is 0 Å². The number of ether oxygens (including phenoxy) is 1. The molecule has 1 N–H and O–H groups in total. The number of aryl methyl sites for hydroxylation is 1. The first-order chi connectivity index (χ1) is 9.63. The SMILES string of the molecule is COC1(C)CCCN(C2CCc3ccccc3C2O)C1. The molecule has 3 unspecified atom stereocenters. The smallest absolute Gasteiger partial charge is 0.0947 e. The molecule has 3 nitrogen and oxygen atoms in total. The van der Waals surface area contributed by atoms with E-state index in [1.54, 1.807) is 7.11 Å². The summed E-state index contributed by atoms with van der Waals surface area (Å²) in [7, 11) is 1.80. The lowest BCUT2D eigenvalue weighted by atomic mass is 9.83. The highest BCUT2D eigenvalue weighted by Gasteiger charge is 2.38. The van der Waals surface area contributed by atoms with Gasteiger partial charge in [0.2, 0.25) is 0 Å². The predicted octanol–water partition coefficient (Wildman–Crippen LogP) is 2.54. The molecule has 3 atom stereocenters. The lowest BCUT2D eigenvalue weighted by molar-refractivity contribution is -0.0798. The van der Waals surface area contributed by atoms with E-state index in [9.17, 15) is 5.11 Å². The molecule has 2 aliphatic rings. The van der Waals surface area contributed by atoms with Gasteiger partial charge in [0.05, 0.1) is 11.7 Å². The van der Waals surface area contributed by atoms with Crippen LogP contribution in [-0.2, 0) is 11.2 Å². The highest BCUT2D eigenvalue weighted by atomic mass is 16.5. The maximum Gasteiger partial charge on any atom is 0.0947 e. The van der Waals surface area contributed by atoms with Crippen LogP contribution in [-0.4, -0.2) is 41.8 Å². The van der Waals surface area contributed by atoms with Gasteiger partial charge in [0.25, 0.3) is 0 Å². The van der Waals surface area contributed by atoms with Gasteiger partial charge in [0.15, 0.2) is 0 Å². The third-order valence-corrected chi connectivity index (χ3v) is 5.10. The Bertz CT molecular complexity index is 476. The Morgan fingerprint density at radius 2 is 2.15 bits per heavy atom. The number of aliphatic hydroxyl groups excluding tert-OH is 1. The quantitative estimate of drug-likeness (QED) is 0.900. The van der Waals surface area contributed by atoms with E-state index in [4.69, 9.17) is 4.74 Å². The zero-order valence-corrected chi connectivity index (χ0v) is 12.5. The fraction of sp³-hybridized carbons (Fsp3) is 0.647. The Balaban J connectivity index is 1.79. The largest absolute Gasteiger partial charge is 0.387 e. The second-order valence-electron chi connectivity index (χ2n) is 6.48. The summed E-state index contributed by atoms with van der Waals surface area (Å²) in [6.45, 7) is 4.18. The van der Waals surface area contributed by atoms with Gasteiger partial charge in [-0.25, -0.2) is 0 Å². The molecule has 1 heterocycles. The minimum atomic E-state index is -0.362. The van der Waals surface area contributed by atoms with Crippen molar-refractivity contribution in [3.63, 3.8) is 0 Å². The third kappa shape index (κ3) is 2.50. The summed E-state index contributed by atoms with van der Waals surface area (Å²) in [6.07, 6.45) is 4.00. The van der Waals surface area contributed by atoms with Crippen LogP contribution in [0.5, 0.6) is 0 Å². The first kappa shape index (κ1) is 14.1. The standard InChI is InChI=1S/C17H25NO2/c1-17(20-2)10-5-11-18(12-17)15-9-8-13-6-3-4-7-14(13)16(15)19/h3-4,6-7,15-16,19H,5,8-12H2,1-2H3. The summed E-state index contributed by atoms with van der Waals surface area (Å²) in [4.78, 5) is 2.44. The van der Waals surface area contributed by atoms with Gasteiger partial charge in [0.1, 0.15) is 0 Å². The maximum atomic E-state index is 10.7. The Morgan fingerprint density at radius 1 is 1.35 bits per heavy atom. The number of fused-ring (bicyclic) bond motifs is 1. The zero-order chi connectivity index (χ0) is 14.2. The number of likely N-dealkylation sites (tertiary alicyclic amines) is 1. The van der Waals surface area contributed by atoms with E-state index in [1.165, 1.54) is 5.56 Å². The second-order valence-corrected chi connectivity index (χ2v) is 6.48. The van der Waals surface area contributed by atoms with E-state index >= 15 is 0 Å². The van der Waals surface area contributed by atoms with Crippen molar-refractivity contribution in [3.05, 3.63) is 35.4 Å². The van der Waals surface area contributed by atoms with Crippen LogP contribution in [0.2, 0.25) is 0 Å². The topological polar surface area (TPSA) is 32.7 Å². The van der Waals surface area contributed by atoms with Crippen molar-refractivity contribution in [2.75, 3.05) is 20.2 Å². The Kier molecular flexibility index (Phi) is 3.85. The summed E-state index contributed by atoms with van der Waals surface area (Å²) in [5.74, 6) is 0. The molecule has 1 aliphatic carbocycles. The van der Waals surface area contributed by atoms with Crippen LogP contribution in [0.4, 0.5) is 0 Å². The minimum Gasteiger partial charge on any atom is -0.387 e. The van der Waals surface area contributed by atoms with Crippen molar-refractivity contribution in [2.24, 2.45) is 0 Å². The molecule has 110 valence electrons. The number of hydrogen-bond donors (Lipinski definition) is 1. The van der Waals surface area contributed by atoms with E-state index in [0.29, 0.717) is 0 Å². The molecule has 1 aromatic carbocycles. The van der Waals surface area contributed by atoms with Gasteiger partial charge in [-0.3, -0.25) is 4.90 Å². The second kappa shape index (κ2) is 5.47. The lowest BCUT2D eigenvalue weighted by Crippen LogP contribution is -2.53. The van der Waals surface area contributed by atoms with Gasteiger partial charge in [-0.1, -0.05) is 24.3 Å². The summed E-state index contributed by atoms with van der Waals surface area (Å²) in [5.41, 5.74) is 2.37. The van der Waals surface area contributed by atoms with Crippen molar-refractivity contribution in [1.82, 2.24) is 4.90 Å². The average molecular weight is 275 g/mol. The minimum absolute atomic E-state index is 0.0606. The number of rotatable bonds is 2. The van der Waals surface area contributed by atoms with E-state index in [-0.39, 0.29) is 17.7 Å².